The van der Waals surface area contributed by atoms with Gasteiger partial charge in [0.05, 0.1) is 6.61 Å². The van der Waals surface area contributed by atoms with E-state index >= 15 is 0 Å². The average Bonchev–Trinajstić information content (AvgIpc) is 2.58. The maximum atomic E-state index is 5.43. The predicted molar refractivity (Wildman–Crippen MR) is 66.9 cm³/mol. The monoisotopic (exact) mass is 286 g/mol. The Morgan fingerprint density at radius 1 is 1.38 bits per heavy atom. The van der Waals surface area contributed by atoms with E-state index in [1.165, 1.54) is 0 Å². The zero-order valence-electron chi connectivity index (χ0n) is 9.24. The SMILES string of the molecule is CNc1ncnc(N2CCCOCC2)c1Br. The minimum absolute atomic E-state index is 0.755. The van der Waals surface area contributed by atoms with Crippen molar-refractivity contribution >= 4 is 27.6 Å². The van der Waals surface area contributed by atoms with Crippen molar-refractivity contribution in [3.05, 3.63) is 10.8 Å². The molecule has 2 heterocycles. The first-order chi connectivity index (χ1) is 7.83. The lowest BCUT2D eigenvalue weighted by Crippen LogP contribution is -2.27. The van der Waals surface area contributed by atoms with E-state index in [-0.39, 0.29) is 0 Å². The molecular weight excluding hydrogens is 272 g/mol. The van der Waals surface area contributed by atoms with Crippen molar-refractivity contribution in [2.45, 2.75) is 6.42 Å². The molecular formula is C10H15BrN4O. The molecule has 0 atom stereocenters. The van der Waals surface area contributed by atoms with Gasteiger partial charge >= 0.3 is 0 Å². The molecule has 1 aromatic rings. The number of anilines is 2. The lowest BCUT2D eigenvalue weighted by Gasteiger charge is -2.22. The van der Waals surface area contributed by atoms with Crippen LogP contribution in [-0.2, 0) is 4.74 Å². The molecule has 5 nitrogen and oxygen atoms in total. The molecule has 0 aliphatic carbocycles. The molecule has 1 aliphatic heterocycles. The van der Waals surface area contributed by atoms with E-state index in [1.807, 2.05) is 7.05 Å². The van der Waals surface area contributed by atoms with Crippen molar-refractivity contribution in [1.29, 1.82) is 0 Å². The first kappa shape index (κ1) is 11.6. The summed E-state index contributed by atoms with van der Waals surface area (Å²) in [7, 11) is 1.85. The summed E-state index contributed by atoms with van der Waals surface area (Å²) in [6.07, 6.45) is 2.61. The second-order valence-electron chi connectivity index (χ2n) is 3.56. The topological polar surface area (TPSA) is 50.3 Å². The predicted octanol–water partition coefficient (Wildman–Crippen LogP) is 1.51. The Morgan fingerprint density at radius 3 is 3.06 bits per heavy atom. The maximum Gasteiger partial charge on any atom is 0.148 e. The van der Waals surface area contributed by atoms with Gasteiger partial charge < -0.3 is 15.0 Å². The molecule has 0 radical (unpaired) electrons. The number of nitrogens with zero attached hydrogens (tertiary/aromatic N) is 3. The molecule has 0 amide bonds. The van der Waals surface area contributed by atoms with Gasteiger partial charge in [-0.2, -0.15) is 0 Å². The number of nitrogens with one attached hydrogen (secondary N) is 1. The van der Waals surface area contributed by atoms with Crippen molar-refractivity contribution < 1.29 is 4.74 Å². The van der Waals surface area contributed by atoms with Crippen LogP contribution in [0.1, 0.15) is 6.42 Å². The molecule has 0 spiro atoms. The fraction of sp³-hybridized carbons (Fsp3) is 0.600. The highest BCUT2D eigenvalue weighted by atomic mass is 79.9. The summed E-state index contributed by atoms with van der Waals surface area (Å²) in [5.41, 5.74) is 0. The van der Waals surface area contributed by atoms with E-state index in [0.29, 0.717) is 0 Å². The van der Waals surface area contributed by atoms with Crippen molar-refractivity contribution in [1.82, 2.24) is 9.97 Å². The number of ether oxygens (including phenoxy) is 1. The third-order valence-corrected chi connectivity index (χ3v) is 3.26. The van der Waals surface area contributed by atoms with E-state index in [9.17, 15) is 0 Å². The third-order valence-electron chi connectivity index (χ3n) is 2.53. The van der Waals surface area contributed by atoms with Crippen LogP contribution in [0.5, 0.6) is 0 Å². The van der Waals surface area contributed by atoms with Crippen LogP contribution in [-0.4, -0.2) is 43.3 Å². The summed E-state index contributed by atoms with van der Waals surface area (Å²) >= 11 is 3.53. The van der Waals surface area contributed by atoms with Gasteiger partial charge in [0.1, 0.15) is 22.4 Å². The fourth-order valence-electron chi connectivity index (χ4n) is 1.71. The summed E-state index contributed by atoms with van der Waals surface area (Å²) in [6.45, 7) is 3.43. The van der Waals surface area contributed by atoms with Gasteiger partial charge in [0, 0.05) is 26.7 Å². The van der Waals surface area contributed by atoms with Crippen molar-refractivity contribution in [3.8, 4) is 0 Å². The zero-order valence-corrected chi connectivity index (χ0v) is 10.8. The minimum Gasteiger partial charge on any atom is -0.380 e. The lowest BCUT2D eigenvalue weighted by atomic mass is 10.4. The van der Waals surface area contributed by atoms with Crippen LogP contribution < -0.4 is 10.2 Å². The van der Waals surface area contributed by atoms with E-state index in [4.69, 9.17) is 4.74 Å². The quantitative estimate of drug-likeness (QED) is 0.893. The molecule has 6 heteroatoms. The Balaban J connectivity index is 2.24. The largest absolute Gasteiger partial charge is 0.380 e. The van der Waals surface area contributed by atoms with Gasteiger partial charge in [-0.1, -0.05) is 0 Å². The number of aromatic nitrogens is 2. The van der Waals surface area contributed by atoms with Gasteiger partial charge in [0.25, 0.3) is 0 Å². The summed E-state index contributed by atoms with van der Waals surface area (Å²) in [6, 6.07) is 0. The Bertz CT molecular complexity index is 353. The van der Waals surface area contributed by atoms with Gasteiger partial charge in [-0.3, -0.25) is 0 Å². The molecule has 0 saturated carbocycles. The van der Waals surface area contributed by atoms with Gasteiger partial charge in [-0.05, 0) is 22.4 Å². The van der Waals surface area contributed by atoms with E-state index in [2.05, 4.69) is 36.1 Å². The maximum absolute atomic E-state index is 5.43. The van der Waals surface area contributed by atoms with Crippen LogP contribution in [0.25, 0.3) is 0 Å². The Kier molecular flexibility index (Phi) is 3.95. The van der Waals surface area contributed by atoms with E-state index in [0.717, 1.165) is 48.8 Å². The fourth-order valence-corrected chi connectivity index (χ4v) is 2.37. The first-order valence-corrected chi connectivity index (χ1v) is 6.13. The molecule has 1 aromatic heterocycles. The highest BCUT2D eigenvalue weighted by molar-refractivity contribution is 9.10. The highest BCUT2D eigenvalue weighted by Gasteiger charge is 2.16. The van der Waals surface area contributed by atoms with Crippen LogP contribution in [0, 0.1) is 0 Å². The molecule has 16 heavy (non-hydrogen) atoms. The summed E-state index contributed by atoms with van der Waals surface area (Å²) in [4.78, 5) is 10.7. The van der Waals surface area contributed by atoms with Crippen LogP contribution >= 0.6 is 15.9 Å². The minimum atomic E-state index is 0.755. The first-order valence-electron chi connectivity index (χ1n) is 5.34. The van der Waals surface area contributed by atoms with Crippen LogP contribution in [0.15, 0.2) is 10.8 Å². The Labute approximate surface area is 103 Å². The lowest BCUT2D eigenvalue weighted by molar-refractivity contribution is 0.152. The van der Waals surface area contributed by atoms with E-state index < -0.39 is 0 Å². The summed E-state index contributed by atoms with van der Waals surface area (Å²) in [5, 5.41) is 3.03. The molecule has 0 bridgehead atoms. The second kappa shape index (κ2) is 5.45. The molecule has 1 fully saturated rings. The Hall–Kier alpha value is -0.880. The van der Waals surface area contributed by atoms with E-state index in [1.54, 1.807) is 6.33 Å². The molecule has 1 aliphatic rings. The molecule has 0 unspecified atom stereocenters. The highest BCUT2D eigenvalue weighted by Crippen LogP contribution is 2.29. The summed E-state index contributed by atoms with van der Waals surface area (Å²) in [5.74, 6) is 1.75. The number of hydrogen-bond donors (Lipinski definition) is 1. The van der Waals surface area contributed by atoms with Crippen LogP contribution in [0.3, 0.4) is 0 Å². The summed E-state index contributed by atoms with van der Waals surface area (Å²) < 4.78 is 6.34. The van der Waals surface area contributed by atoms with Gasteiger partial charge in [-0.25, -0.2) is 9.97 Å². The van der Waals surface area contributed by atoms with Crippen molar-refractivity contribution in [2.75, 3.05) is 43.6 Å². The molecule has 1 saturated heterocycles. The van der Waals surface area contributed by atoms with Gasteiger partial charge in [0.2, 0.25) is 0 Å². The van der Waals surface area contributed by atoms with Gasteiger partial charge in [-0.15, -0.1) is 0 Å². The molecule has 0 aromatic carbocycles. The van der Waals surface area contributed by atoms with Gasteiger partial charge in [0.15, 0.2) is 0 Å². The van der Waals surface area contributed by atoms with Crippen molar-refractivity contribution in [2.24, 2.45) is 0 Å². The Morgan fingerprint density at radius 2 is 2.25 bits per heavy atom. The molecule has 2 rings (SSSR count). The second-order valence-corrected chi connectivity index (χ2v) is 4.36. The number of halogens is 1. The average molecular weight is 287 g/mol. The van der Waals surface area contributed by atoms with Crippen LogP contribution in [0.4, 0.5) is 11.6 Å². The smallest absolute Gasteiger partial charge is 0.148 e. The number of hydrogen-bond acceptors (Lipinski definition) is 5. The number of rotatable bonds is 2. The molecule has 1 N–H and O–H groups in total. The normalized spacial score (nSPS) is 17.0. The molecule has 88 valence electrons. The standard InChI is InChI=1S/C10H15BrN4O/c1-12-9-8(11)10(14-7-13-9)15-3-2-5-16-6-4-15/h7H,2-6H2,1H3,(H,12,13,14). The third kappa shape index (κ3) is 2.44. The van der Waals surface area contributed by atoms with Crippen molar-refractivity contribution in [3.63, 3.8) is 0 Å². The zero-order chi connectivity index (χ0) is 11.4. The van der Waals surface area contributed by atoms with Crippen LogP contribution in [0.2, 0.25) is 0 Å².